The number of rotatable bonds is 3. The molecule has 0 radical (unpaired) electrons. The molecule has 0 bridgehead atoms. The molecule has 1 aromatic carbocycles. The Morgan fingerprint density at radius 2 is 1.94 bits per heavy atom. The molecule has 1 heterocycles. The minimum atomic E-state index is 0.0778. The molecule has 1 aromatic rings. The van der Waals surface area contributed by atoms with E-state index in [0.29, 0.717) is 6.04 Å². The summed E-state index contributed by atoms with van der Waals surface area (Å²) in [6.45, 7) is 9.22. The van der Waals surface area contributed by atoms with Gasteiger partial charge in [-0.1, -0.05) is 12.1 Å². The van der Waals surface area contributed by atoms with E-state index in [9.17, 15) is 0 Å². The van der Waals surface area contributed by atoms with Crippen molar-refractivity contribution in [1.82, 2.24) is 5.32 Å². The summed E-state index contributed by atoms with van der Waals surface area (Å²) in [6.07, 6.45) is 0. The third kappa shape index (κ3) is 2.68. The second-order valence-electron chi connectivity index (χ2n) is 5.62. The van der Waals surface area contributed by atoms with E-state index < -0.39 is 0 Å². The highest BCUT2D eigenvalue weighted by Crippen LogP contribution is 2.27. The van der Waals surface area contributed by atoms with Gasteiger partial charge in [0.2, 0.25) is 0 Å². The lowest BCUT2D eigenvalue weighted by Crippen LogP contribution is -2.53. The summed E-state index contributed by atoms with van der Waals surface area (Å²) < 4.78 is 5.56. The number of nitrogens with one attached hydrogen (secondary N) is 1. The molecule has 0 amide bonds. The molecular formula is C15H24N2O. The van der Waals surface area contributed by atoms with Crippen LogP contribution in [0.4, 0.5) is 5.69 Å². The van der Waals surface area contributed by atoms with Gasteiger partial charge in [0.1, 0.15) is 0 Å². The molecule has 0 aromatic heterocycles. The van der Waals surface area contributed by atoms with Gasteiger partial charge in [0.05, 0.1) is 18.8 Å². The molecule has 2 rings (SSSR count). The molecule has 1 fully saturated rings. The summed E-state index contributed by atoms with van der Waals surface area (Å²) >= 11 is 0. The molecule has 0 saturated carbocycles. The number of ether oxygens (including phenoxy) is 1. The summed E-state index contributed by atoms with van der Waals surface area (Å²) in [6, 6.07) is 9.26. The molecule has 1 N–H and O–H groups in total. The minimum absolute atomic E-state index is 0.0778. The zero-order valence-electron chi connectivity index (χ0n) is 11.9. The Morgan fingerprint density at radius 1 is 1.28 bits per heavy atom. The van der Waals surface area contributed by atoms with Crippen LogP contribution in [0.5, 0.6) is 0 Å². The highest BCUT2D eigenvalue weighted by atomic mass is 16.5. The smallest absolute Gasteiger partial charge is 0.0694 e. The van der Waals surface area contributed by atoms with Crippen LogP contribution >= 0.6 is 0 Å². The maximum Gasteiger partial charge on any atom is 0.0694 e. The number of morpholine rings is 1. The Bertz CT molecular complexity index is 386. The molecule has 3 nitrogen and oxygen atoms in total. The van der Waals surface area contributed by atoms with E-state index >= 15 is 0 Å². The Hall–Kier alpha value is -1.06. The fourth-order valence-corrected chi connectivity index (χ4v) is 2.45. The maximum absolute atomic E-state index is 5.56. The van der Waals surface area contributed by atoms with Gasteiger partial charge in [0.15, 0.2) is 0 Å². The normalized spacial score (nSPS) is 20.8. The fourth-order valence-electron chi connectivity index (χ4n) is 2.45. The second-order valence-corrected chi connectivity index (χ2v) is 5.62. The van der Waals surface area contributed by atoms with Gasteiger partial charge >= 0.3 is 0 Å². The highest BCUT2D eigenvalue weighted by Gasteiger charge is 2.30. The zero-order chi connectivity index (χ0) is 13.2. The van der Waals surface area contributed by atoms with E-state index in [1.165, 1.54) is 11.3 Å². The largest absolute Gasteiger partial charge is 0.377 e. The summed E-state index contributed by atoms with van der Waals surface area (Å²) in [5, 5.41) is 3.26. The molecule has 100 valence electrons. The Kier molecular flexibility index (Phi) is 3.93. The van der Waals surface area contributed by atoms with Crippen molar-refractivity contribution in [3.05, 3.63) is 29.8 Å². The van der Waals surface area contributed by atoms with Crippen LogP contribution in [-0.4, -0.2) is 32.3 Å². The molecule has 1 aliphatic heterocycles. The van der Waals surface area contributed by atoms with Crippen molar-refractivity contribution < 1.29 is 4.74 Å². The molecule has 1 unspecified atom stereocenters. The average Bonchev–Trinajstić information content (AvgIpc) is 2.37. The first-order valence-electron chi connectivity index (χ1n) is 6.67. The van der Waals surface area contributed by atoms with Gasteiger partial charge in [-0.25, -0.2) is 0 Å². The van der Waals surface area contributed by atoms with Crippen LogP contribution in [0.3, 0.4) is 0 Å². The number of hydrogen-bond donors (Lipinski definition) is 1. The van der Waals surface area contributed by atoms with Gasteiger partial charge < -0.3 is 15.0 Å². The van der Waals surface area contributed by atoms with E-state index in [1.807, 2.05) is 7.05 Å². The van der Waals surface area contributed by atoms with Gasteiger partial charge in [-0.2, -0.15) is 0 Å². The van der Waals surface area contributed by atoms with Gasteiger partial charge in [-0.15, -0.1) is 0 Å². The van der Waals surface area contributed by atoms with Gasteiger partial charge in [0, 0.05) is 18.3 Å². The van der Waals surface area contributed by atoms with Crippen molar-refractivity contribution in [2.75, 3.05) is 31.7 Å². The van der Waals surface area contributed by atoms with E-state index in [4.69, 9.17) is 4.74 Å². The minimum Gasteiger partial charge on any atom is -0.377 e. The molecule has 18 heavy (non-hydrogen) atoms. The standard InChI is InChI=1S/C15H24N2O/c1-12(16-4)13-5-7-14(8-6-13)17-9-10-18-11-15(17,2)3/h5-8,12,16H,9-11H2,1-4H3. The van der Waals surface area contributed by atoms with Crippen molar-refractivity contribution >= 4 is 5.69 Å². The second kappa shape index (κ2) is 5.29. The first-order chi connectivity index (χ1) is 8.54. The van der Waals surface area contributed by atoms with Crippen LogP contribution in [0.25, 0.3) is 0 Å². The quantitative estimate of drug-likeness (QED) is 0.890. The number of anilines is 1. The molecule has 1 atom stereocenters. The van der Waals surface area contributed by atoms with Gasteiger partial charge in [-0.3, -0.25) is 0 Å². The molecule has 1 saturated heterocycles. The van der Waals surface area contributed by atoms with E-state index in [1.54, 1.807) is 0 Å². The average molecular weight is 248 g/mol. The van der Waals surface area contributed by atoms with Crippen molar-refractivity contribution in [2.24, 2.45) is 0 Å². The first-order valence-corrected chi connectivity index (χ1v) is 6.67. The van der Waals surface area contributed by atoms with Crippen molar-refractivity contribution in [1.29, 1.82) is 0 Å². The Labute approximate surface area is 110 Å². The van der Waals surface area contributed by atoms with Gasteiger partial charge in [0.25, 0.3) is 0 Å². The molecule has 1 aliphatic rings. The van der Waals surface area contributed by atoms with E-state index in [0.717, 1.165) is 19.8 Å². The van der Waals surface area contributed by atoms with Crippen LogP contribution in [0.1, 0.15) is 32.4 Å². The van der Waals surface area contributed by atoms with E-state index in [2.05, 4.69) is 55.3 Å². The SMILES string of the molecule is CNC(C)c1ccc(N2CCOCC2(C)C)cc1. The first kappa shape index (κ1) is 13.4. The van der Waals surface area contributed by atoms with Gasteiger partial charge in [-0.05, 0) is 45.5 Å². The number of hydrogen-bond acceptors (Lipinski definition) is 3. The van der Waals surface area contributed by atoms with Crippen LogP contribution in [0, 0.1) is 0 Å². The lowest BCUT2D eigenvalue weighted by atomic mass is 10.0. The fraction of sp³-hybridized carbons (Fsp3) is 0.600. The third-order valence-corrected chi connectivity index (χ3v) is 3.78. The molecule has 0 spiro atoms. The Morgan fingerprint density at radius 3 is 2.50 bits per heavy atom. The van der Waals surface area contributed by atoms with E-state index in [-0.39, 0.29) is 5.54 Å². The van der Waals surface area contributed by atoms with Crippen LogP contribution < -0.4 is 10.2 Å². The third-order valence-electron chi connectivity index (χ3n) is 3.78. The predicted molar refractivity (Wildman–Crippen MR) is 76.2 cm³/mol. The van der Waals surface area contributed by atoms with Crippen LogP contribution in [0.15, 0.2) is 24.3 Å². The summed E-state index contributed by atoms with van der Waals surface area (Å²) in [4.78, 5) is 2.43. The van der Waals surface area contributed by atoms with Crippen molar-refractivity contribution in [3.63, 3.8) is 0 Å². The molecule has 0 aliphatic carbocycles. The lowest BCUT2D eigenvalue weighted by molar-refractivity contribution is 0.0644. The van der Waals surface area contributed by atoms with Crippen molar-refractivity contribution in [2.45, 2.75) is 32.4 Å². The summed E-state index contributed by atoms with van der Waals surface area (Å²) in [5.74, 6) is 0. The monoisotopic (exact) mass is 248 g/mol. The predicted octanol–water partition coefficient (Wildman–Crippen LogP) is 2.58. The molecular weight excluding hydrogens is 224 g/mol. The Balaban J connectivity index is 2.18. The maximum atomic E-state index is 5.56. The topological polar surface area (TPSA) is 24.5 Å². The van der Waals surface area contributed by atoms with Crippen molar-refractivity contribution in [3.8, 4) is 0 Å². The lowest BCUT2D eigenvalue weighted by Gasteiger charge is -2.43. The van der Waals surface area contributed by atoms with Crippen LogP contribution in [-0.2, 0) is 4.74 Å². The highest BCUT2D eigenvalue weighted by molar-refractivity contribution is 5.50. The van der Waals surface area contributed by atoms with Crippen LogP contribution in [0.2, 0.25) is 0 Å². The zero-order valence-corrected chi connectivity index (χ0v) is 11.9. The summed E-state index contributed by atoms with van der Waals surface area (Å²) in [7, 11) is 1.99. The summed E-state index contributed by atoms with van der Waals surface area (Å²) in [5.41, 5.74) is 2.69. The number of benzene rings is 1. The number of nitrogens with zero attached hydrogens (tertiary/aromatic N) is 1. The molecule has 3 heteroatoms.